The number of hydrogen-bond acceptors (Lipinski definition) is 7. The molecule has 0 spiro atoms. The lowest BCUT2D eigenvalue weighted by molar-refractivity contribution is -2.00. The summed E-state index contributed by atoms with van der Waals surface area (Å²) in [5.74, 6) is -0.245. The Bertz CT molecular complexity index is 702. The van der Waals surface area contributed by atoms with Crippen LogP contribution in [0.15, 0.2) is 54.6 Å². The van der Waals surface area contributed by atoms with Crippen molar-refractivity contribution < 1.29 is 48.4 Å². The number of benzene rings is 2. The van der Waals surface area contributed by atoms with Gasteiger partial charge in [0.15, 0.2) is 11.5 Å². The van der Waals surface area contributed by atoms with Crippen LogP contribution in [0.4, 0.5) is 0 Å². The molecule has 2 aromatic carbocycles. The number of nitrogens with one attached hydrogen (secondary N) is 1. The van der Waals surface area contributed by atoms with Crippen molar-refractivity contribution in [2.75, 3.05) is 20.6 Å². The van der Waals surface area contributed by atoms with Gasteiger partial charge in [-0.1, -0.05) is 42.5 Å². The van der Waals surface area contributed by atoms with Crippen molar-refractivity contribution in [3.63, 3.8) is 0 Å². The molecule has 9 heteroatoms. The van der Waals surface area contributed by atoms with Gasteiger partial charge in [0.25, 0.3) is 5.79 Å². The Hall–Kier alpha value is -1.91. The number of ether oxygens (including phenoxy) is 2. The lowest BCUT2D eigenvalue weighted by atomic mass is 9.98. The number of halogens is 1. The Morgan fingerprint density at radius 2 is 1.46 bits per heavy atom. The van der Waals surface area contributed by atoms with E-state index in [1.54, 1.807) is 0 Å². The number of likely N-dealkylation sites (N-methyl/N-ethyl adjacent to an activating group) is 1. The number of rotatable bonds is 3. The van der Waals surface area contributed by atoms with Crippen molar-refractivity contribution >= 4 is 0 Å². The van der Waals surface area contributed by atoms with E-state index in [9.17, 15) is 5.11 Å². The van der Waals surface area contributed by atoms with Gasteiger partial charge >= 0.3 is 0 Å². The van der Waals surface area contributed by atoms with Crippen LogP contribution in [0.2, 0.25) is 0 Å². The van der Waals surface area contributed by atoms with E-state index in [1.807, 2.05) is 68.7 Å². The summed E-state index contributed by atoms with van der Waals surface area (Å²) < 4.78 is 45.9. The van der Waals surface area contributed by atoms with Crippen LogP contribution in [-0.2, 0) is 5.79 Å². The van der Waals surface area contributed by atoms with E-state index >= 15 is 0 Å². The quantitative estimate of drug-likeness (QED) is 0.550. The number of aliphatic hydroxyl groups is 1. The molecule has 142 valence electrons. The Morgan fingerprint density at radius 1 is 0.962 bits per heavy atom. The monoisotopic (exact) mass is 385 g/mol. The minimum absolute atomic E-state index is 0.472. The third kappa shape index (κ3) is 5.55. The van der Waals surface area contributed by atoms with Crippen molar-refractivity contribution in [3.05, 3.63) is 60.2 Å². The molecule has 0 bridgehead atoms. The summed E-state index contributed by atoms with van der Waals surface area (Å²) in [7, 11) is -0.898. The van der Waals surface area contributed by atoms with Crippen molar-refractivity contribution in [1.29, 1.82) is 0 Å². The zero-order chi connectivity index (χ0) is 19.4. The van der Waals surface area contributed by atoms with E-state index in [0.717, 1.165) is 0 Å². The van der Waals surface area contributed by atoms with Gasteiger partial charge in [0.05, 0.1) is 14.1 Å². The maximum atomic E-state index is 11.1. The molecule has 1 aliphatic heterocycles. The molecule has 2 aromatic rings. The molecule has 0 unspecified atom stereocenters. The predicted molar refractivity (Wildman–Crippen MR) is 79.5 cm³/mol. The van der Waals surface area contributed by atoms with E-state index in [2.05, 4.69) is 0 Å². The Morgan fingerprint density at radius 3 is 2.00 bits per heavy atom. The summed E-state index contributed by atoms with van der Waals surface area (Å²) in [6.45, 7) is 0.625. The van der Waals surface area contributed by atoms with Gasteiger partial charge in [0.2, 0.25) is 6.10 Å². The van der Waals surface area contributed by atoms with Crippen molar-refractivity contribution in [2.45, 2.75) is 11.9 Å². The van der Waals surface area contributed by atoms with E-state index in [0.29, 0.717) is 23.6 Å². The van der Waals surface area contributed by atoms with Crippen molar-refractivity contribution in [3.8, 4) is 11.5 Å². The second kappa shape index (κ2) is 8.19. The Balaban J connectivity index is 0.000000431. The van der Waals surface area contributed by atoms with Gasteiger partial charge in [-0.05, 0) is 12.1 Å². The highest BCUT2D eigenvalue weighted by Crippen LogP contribution is 2.41. The first kappa shape index (κ1) is 20.4. The number of quaternary nitrogens is 1. The lowest BCUT2D eigenvalue weighted by Crippen LogP contribution is -3.07. The van der Waals surface area contributed by atoms with Crippen LogP contribution in [0.1, 0.15) is 5.56 Å². The fourth-order valence-electron chi connectivity index (χ4n) is 2.57. The van der Waals surface area contributed by atoms with Crippen LogP contribution < -0.4 is 33.0 Å². The minimum Gasteiger partial charge on any atom is -0.473 e. The molecular weight excluding hydrogens is 366 g/mol. The van der Waals surface area contributed by atoms with E-state index in [4.69, 9.17) is 28.1 Å². The molecule has 1 heterocycles. The summed E-state index contributed by atoms with van der Waals surface area (Å²) >= 11 is 0. The van der Waals surface area contributed by atoms with Crippen LogP contribution in [-0.4, -0.2) is 31.9 Å². The van der Waals surface area contributed by atoms with E-state index < -0.39 is 22.1 Å². The first-order valence-corrected chi connectivity index (χ1v) is 8.96. The molecule has 0 saturated heterocycles. The highest BCUT2D eigenvalue weighted by molar-refractivity contribution is 5.43. The summed E-state index contributed by atoms with van der Waals surface area (Å²) in [5, 5.41) is 11.1. The van der Waals surface area contributed by atoms with Gasteiger partial charge in [-0.3, -0.25) is 0 Å². The van der Waals surface area contributed by atoms with Crippen LogP contribution >= 0.6 is 0 Å². The van der Waals surface area contributed by atoms with Gasteiger partial charge in [-0.25, -0.2) is 18.6 Å². The average molecular weight is 386 g/mol. The lowest BCUT2D eigenvalue weighted by Gasteiger charge is -2.40. The van der Waals surface area contributed by atoms with Crippen LogP contribution in [0.25, 0.3) is 0 Å². The fourth-order valence-corrected chi connectivity index (χ4v) is 2.57. The van der Waals surface area contributed by atoms with Gasteiger partial charge in [-0.15, -0.1) is 10.2 Å². The maximum absolute atomic E-state index is 11.1. The van der Waals surface area contributed by atoms with E-state index in [-0.39, 0.29) is 0 Å². The molecule has 0 aromatic heterocycles. The smallest absolute Gasteiger partial charge is 0.278 e. The van der Waals surface area contributed by atoms with Gasteiger partial charge in [-0.2, -0.15) is 0 Å². The summed E-state index contributed by atoms with van der Waals surface area (Å²) in [6.07, 6.45) is -0.472. The zero-order valence-electron chi connectivity index (χ0n) is 14.3. The summed E-state index contributed by atoms with van der Waals surface area (Å²) in [5.41, 5.74) is 0.700. The molecule has 8 nitrogen and oxygen atoms in total. The molecule has 2 N–H and O–H groups in total. The van der Waals surface area contributed by atoms with Crippen LogP contribution in [0.3, 0.4) is 0 Å². The average Bonchev–Trinajstić information content (AvgIpc) is 2.54. The third-order valence-electron chi connectivity index (χ3n) is 3.60. The molecule has 0 fully saturated rings. The van der Waals surface area contributed by atoms with Crippen LogP contribution in [0.5, 0.6) is 11.5 Å². The molecule has 0 saturated carbocycles. The third-order valence-corrected chi connectivity index (χ3v) is 3.60. The molecule has 0 amide bonds. The fraction of sp³-hybridized carbons (Fsp3) is 0.294. The second-order valence-corrected chi connectivity index (χ2v) is 6.76. The molecule has 26 heavy (non-hydrogen) atoms. The first-order chi connectivity index (χ1) is 12.1. The number of para-hydroxylation sites is 2. The van der Waals surface area contributed by atoms with Gasteiger partial charge in [0, 0.05) is 5.56 Å². The molecule has 2 atom stereocenters. The van der Waals surface area contributed by atoms with E-state index in [1.165, 1.54) is 4.90 Å². The Kier molecular flexibility index (Phi) is 6.43. The number of fused-ring (bicyclic) bond motifs is 1. The predicted octanol–water partition coefficient (Wildman–Crippen LogP) is -3.94. The number of hydrogen-bond donors (Lipinski definition) is 2. The molecule has 3 rings (SSSR count). The maximum Gasteiger partial charge on any atom is 0.278 e. The van der Waals surface area contributed by atoms with Gasteiger partial charge < -0.3 is 19.5 Å². The molecular formula is C17H20ClNO7. The van der Waals surface area contributed by atoms with Gasteiger partial charge in [0.1, 0.15) is 6.54 Å². The molecule has 1 aliphatic rings. The van der Waals surface area contributed by atoms with Crippen molar-refractivity contribution in [2.24, 2.45) is 0 Å². The topological polar surface area (TPSA) is 135 Å². The SMILES string of the molecule is C[NH+](C)C[C@@H]1Oc2ccccc2O[C@@]1(O)c1ccccc1.[O-][Cl+3]([O-])([O-])[O-]. The molecule has 0 aliphatic carbocycles. The zero-order valence-corrected chi connectivity index (χ0v) is 15.0. The highest BCUT2D eigenvalue weighted by atomic mass is 35.7. The molecule has 0 radical (unpaired) electrons. The minimum atomic E-state index is -4.94. The highest BCUT2D eigenvalue weighted by Gasteiger charge is 2.48. The normalized spacial score (nSPS) is 21.8. The second-order valence-electron chi connectivity index (χ2n) is 6.01. The largest absolute Gasteiger partial charge is 0.473 e. The standard InChI is InChI=1S/C17H19NO3.ClHO4/c1-18(2)12-16-17(19,13-8-4-3-5-9-13)21-15-11-7-6-10-14(15)20-16;2-1(3,4)5/h3-11,16,19H,12H2,1-2H3;(H,2,3,4,5)/t16-,17-;/m0./s1. The summed E-state index contributed by atoms with van der Waals surface area (Å²) in [4.78, 5) is 1.18. The summed E-state index contributed by atoms with van der Waals surface area (Å²) in [6, 6.07) is 16.8. The first-order valence-electron chi connectivity index (χ1n) is 7.73. The van der Waals surface area contributed by atoms with Crippen LogP contribution in [0, 0.1) is 10.2 Å². The Labute approximate surface area is 153 Å². The van der Waals surface area contributed by atoms with Crippen molar-refractivity contribution in [1.82, 2.24) is 0 Å².